The first-order valence-corrected chi connectivity index (χ1v) is 8.22. The van der Waals surface area contributed by atoms with Gasteiger partial charge < -0.3 is 4.90 Å². The quantitative estimate of drug-likeness (QED) is 0.609. The van der Waals surface area contributed by atoms with Crippen molar-refractivity contribution < 1.29 is 4.79 Å². The van der Waals surface area contributed by atoms with Crippen molar-refractivity contribution in [2.24, 2.45) is 4.99 Å². The van der Waals surface area contributed by atoms with Crippen LogP contribution in [0.15, 0.2) is 53.5 Å². The Bertz CT molecular complexity index is 681. The normalized spacial score (nSPS) is 15.1. The summed E-state index contributed by atoms with van der Waals surface area (Å²) in [6.07, 6.45) is 5.80. The van der Waals surface area contributed by atoms with Gasteiger partial charge in [-0.3, -0.25) is 9.79 Å². The fourth-order valence-corrected chi connectivity index (χ4v) is 2.85. The smallest absolute Gasteiger partial charge is 0.159 e. The van der Waals surface area contributed by atoms with Crippen LogP contribution in [-0.4, -0.2) is 25.1 Å². The first-order chi connectivity index (χ1) is 11.2. The third-order valence-electron chi connectivity index (χ3n) is 4.25. The van der Waals surface area contributed by atoms with E-state index in [-0.39, 0.29) is 5.78 Å². The Kier molecular flexibility index (Phi) is 4.86. The number of hydrogen-bond acceptors (Lipinski definition) is 3. The van der Waals surface area contributed by atoms with Crippen molar-refractivity contribution in [3.63, 3.8) is 0 Å². The summed E-state index contributed by atoms with van der Waals surface area (Å²) in [4.78, 5) is 18.2. The standard InChI is InChI=1S/C20H22N2O/c1-16(23)18-7-9-19(10-8-18)21-15-17-5-11-20(12-6-17)22-13-3-2-4-14-22/h5-12,15H,2-4,13-14H2,1H3. The van der Waals surface area contributed by atoms with Crippen molar-refractivity contribution in [2.75, 3.05) is 18.0 Å². The molecular formula is C20H22N2O. The number of nitrogens with zero attached hydrogens (tertiary/aromatic N) is 2. The summed E-state index contributed by atoms with van der Waals surface area (Å²) >= 11 is 0. The van der Waals surface area contributed by atoms with Gasteiger partial charge in [-0.1, -0.05) is 12.1 Å². The maximum Gasteiger partial charge on any atom is 0.159 e. The zero-order chi connectivity index (χ0) is 16.1. The number of rotatable bonds is 4. The van der Waals surface area contributed by atoms with Gasteiger partial charge in [-0.15, -0.1) is 0 Å². The molecule has 3 rings (SSSR count). The van der Waals surface area contributed by atoms with E-state index in [1.54, 1.807) is 6.92 Å². The van der Waals surface area contributed by atoms with Crippen LogP contribution < -0.4 is 4.90 Å². The molecule has 0 atom stereocenters. The van der Waals surface area contributed by atoms with E-state index in [1.165, 1.54) is 24.9 Å². The Morgan fingerprint density at radius 1 is 0.957 bits per heavy atom. The molecule has 0 bridgehead atoms. The largest absolute Gasteiger partial charge is 0.372 e. The number of anilines is 1. The molecule has 1 fully saturated rings. The Labute approximate surface area is 137 Å². The van der Waals surface area contributed by atoms with E-state index in [2.05, 4.69) is 34.2 Å². The van der Waals surface area contributed by atoms with Crippen LogP contribution in [0.3, 0.4) is 0 Å². The third-order valence-corrected chi connectivity index (χ3v) is 4.25. The number of aliphatic imine (C=N–C) groups is 1. The molecule has 1 aliphatic heterocycles. The van der Waals surface area contributed by atoms with Crippen LogP contribution in [0.2, 0.25) is 0 Å². The minimum absolute atomic E-state index is 0.0776. The molecule has 1 heterocycles. The van der Waals surface area contributed by atoms with E-state index in [4.69, 9.17) is 0 Å². The van der Waals surface area contributed by atoms with Gasteiger partial charge in [-0.25, -0.2) is 0 Å². The molecule has 0 radical (unpaired) electrons. The van der Waals surface area contributed by atoms with Crippen molar-refractivity contribution in [1.29, 1.82) is 0 Å². The first kappa shape index (κ1) is 15.5. The highest BCUT2D eigenvalue weighted by Crippen LogP contribution is 2.20. The Balaban J connectivity index is 1.66. The summed E-state index contributed by atoms with van der Waals surface area (Å²) in [5.41, 5.74) is 3.96. The van der Waals surface area contributed by atoms with Gasteiger partial charge in [0.2, 0.25) is 0 Å². The van der Waals surface area contributed by atoms with Crippen molar-refractivity contribution in [3.05, 3.63) is 59.7 Å². The topological polar surface area (TPSA) is 32.7 Å². The molecule has 118 valence electrons. The van der Waals surface area contributed by atoms with E-state index in [1.807, 2.05) is 30.5 Å². The molecule has 0 amide bonds. The molecule has 0 aromatic heterocycles. The second-order valence-corrected chi connectivity index (χ2v) is 6.00. The van der Waals surface area contributed by atoms with E-state index in [0.717, 1.165) is 29.9 Å². The van der Waals surface area contributed by atoms with Crippen molar-refractivity contribution in [2.45, 2.75) is 26.2 Å². The maximum atomic E-state index is 11.3. The van der Waals surface area contributed by atoms with Gasteiger partial charge in [0.1, 0.15) is 0 Å². The highest BCUT2D eigenvalue weighted by atomic mass is 16.1. The number of hydrogen-bond donors (Lipinski definition) is 0. The van der Waals surface area contributed by atoms with Crippen molar-refractivity contribution in [1.82, 2.24) is 0 Å². The van der Waals surface area contributed by atoms with Crippen molar-refractivity contribution >= 4 is 23.4 Å². The number of piperidine rings is 1. The fourth-order valence-electron chi connectivity index (χ4n) is 2.85. The lowest BCUT2D eigenvalue weighted by molar-refractivity contribution is 0.101. The van der Waals surface area contributed by atoms with Gasteiger partial charge in [-0.05, 0) is 68.1 Å². The molecule has 0 N–H and O–H groups in total. The van der Waals surface area contributed by atoms with Crippen LogP contribution in [0.1, 0.15) is 42.1 Å². The van der Waals surface area contributed by atoms with Gasteiger partial charge in [-0.2, -0.15) is 0 Å². The van der Waals surface area contributed by atoms with E-state index in [9.17, 15) is 4.79 Å². The monoisotopic (exact) mass is 306 g/mol. The predicted molar refractivity (Wildman–Crippen MR) is 96.2 cm³/mol. The average molecular weight is 306 g/mol. The number of carbonyl (C=O) groups is 1. The van der Waals surface area contributed by atoms with Crippen LogP contribution >= 0.6 is 0 Å². The maximum absolute atomic E-state index is 11.3. The molecule has 0 unspecified atom stereocenters. The molecule has 2 aromatic rings. The Morgan fingerprint density at radius 3 is 2.22 bits per heavy atom. The SMILES string of the molecule is CC(=O)c1ccc(N=Cc2ccc(N3CCCCC3)cc2)cc1. The molecule has 0 spiro atoms. The molecule has 3 nitrogen and oxygen atoms in total. The Morgan fingerprint density at radius 2 is 1.61 bits per heavy atom. The van der Waals surface area contributed by atoms with Gasteiger partial charge in [0.05, 0.1) is 5.69 Å². The minimum Gasteiger partial charge on any atom is -0.372 e. The predicted octanol–water partition coefficient (Wildman–Crippen LogP) is 4.63. The molecule has 0 saturated carbocycles. The minimum atomic E-state index is 0.0776. The summed E-state index contributed by atoms with van der Waals surface area (Å²) in [5.74, 6) is 0.0776. The van der Waals surface area contributed by atoms with Crippen LogP contribution in [0.4, 0.5) is 11.4 Å². The van der Waals surface area contributed by atoms with Gasteiger partial charge in [0.15, 0.2) is 5.78 Å². The van der Waals surface area contributed by atoms with Crippen LogP contribution in [0, 0.1) is 0 Å². The van der Waals surface area contributed by atoms with Crippen LogP contribution in [0.5, 0.6) is 0 Å². The van der Waals surface area contributed by atoms with Gasteiger partial charge >= 0.3 is 0 Å². The van der Waals surface area contributed by atoms with E-state index >= 15 is 0 Å². The lowest BCUT2D eigenvalue weighted by Gasteiger charge is -2.28. The van der Waals surface area contributed by atoms with Crippen LogP contribution in [0.25, 0.3) is 0 Å². The third kappa shape index (κ3) is 4.07. The summed E-state index contributed by atoms with van der Waals surface area (Å²) in [6, 6.07) is 15.9. The molecule has 23 heavy (non-hydrogen) atoms. The first-order valence-electron chi connectivity index (χ1n) is 8.22. The lowest BCUT2D eigenvalue weighted by atomic mass is 10.1. The zero-order valence-electron chi connectivity index (χ0n) is 13.5. The highest BCUT2D eigenvalue weighted by Gasteiger charge is 2.10. The second-order valence-electron chi connectivity index (χ2n) is 6.00. The molecular weight excluding hydrogens is 284 g/mol. The fraction of sp³-hybridized carbons (Fsp3) is 0.300. The molecule has 1 aliphatic rings. The number of Topliss-reactive ketones (excluding diaryl/α,β-unsaturated/α-hetero) is 1. The summed E-state index contributed by atoms with van der Waals surface area (Å²) in [7, 11) is 0. The average Bonchev–Trinajstić information content (AvgIpc) is 2.61. The highest BCUT2D eigenvalue weighted by molar-refractivity contribution is 5.94. The second kappa shape index (κ2) is 7.23. The zero-order valence-corrected chi connectivity index (χ0v) is 13.5. The molecule has 0 aliphatic carbocycles. The van der Waals surface area contributed by atoms with E-state index < -0.39 is 0 Å². The van der Waals surface area contributed by atoms with Crippen LogP contribution in [-0.2, 0) is 0 Å². The number of benzene rings is 2. The van der Waals surface area contributed by atoms with Crippen molar-refractivity contribution in [3.8, 4) is 0 Å². The Hall–Kier alpha value is -2.42. The van der Waals surface area contributed by atoms with E-state index in [0.29, 0.717) is 0 Å². The lowest BCUT2D eigenvalue weighted by Crippen LogP contribution is -2.29. The summed E-state index contributed by atoms with van der Waals surface area (Å²) < 4.78 is 0. The summed E-state index contributed by atoms with van der Waals surface area (Å²) in [5, 5.41) is 0. The number of carbonyl (C=O) groups excluding carboxylic acids is 1. The molecule has 3 heteroatoms. The number of ketones is 1. The summed E-state index contributed by atoms with van der Waals surface area (Å²) in [6.45, 7) is 3.90. The van der Waals surface area contributed by atoms with Gasteiger partial charge in [0, 0.05) is 30.6 Å². The molecule has 1 saturated heterocycles. The molecule has 2 aromatic carbocycles. The van der Waals surface area contributed by atoms with Gasteiger partial charge in [0.25, 0.3) is 0 Å².